The zero-order chi connectivity index (χ0) is 6.15. The first-order valence-electron chi connectivity index (χ1n) is 2.55. The maximum absolute atomic E-state index is 4.00. The van der Waals surface area contributed by atoms with Crippen LogP contribution >= 0.6 is 20.3 Å². The molecule has 0 nitrogen and oxygen atoms in total. The molecule has 2 heteroatoms. The van der Waals surface area contributed by atoms with E-state index in [0.717, 1.165) is 0 Å². The standard InChI is InChI=1S/C6H10S2/c1-5-4-7-8(3)6(5)2/h3-4H2,1-2H3. The average molecular weight is 146 g/mol. The van der Waals surface area contributed by atoms with Crippen LogP contribution in [-0.2, 0) is 0 Å². The van der Waals surface area contributed by atoms with Crippen LogP contribution in [0.5, 0.6) is 0 Å². The SMILES string of the molecule is C=S1SCC(C)=C1C. The lowest BCUT2D eigenvalue weighted by Crippen LogP contribution is -1.71. The summed E-state index contributed by atoms with van der Waals surface area (Å²) in [6.07, 6.45) is 0. The summed E-state index contributed by atoms with van der Waals surface area (Å²) in [6, 6.07) is 0. The van der Waals surface area contributed by atoms with Crippen molar-refractivity contribution in [3.8, 4) is 0 Å². The van der Waals surface area contributed by atoms with Crippen molar-refractivity contribution in [3.63, 3.8) is 0 Å². The Morgan fingerprint density at radius 3 is 2.38 bits per heavy atom. The molecule has 1 aliphatic heterocycles. The Morgan fingerprint density at radius 2 is 2.25 bits per heavy atom. The molecule has 0 saturated heterocycles. The Balaban J connectivity index is 2.86. The van der Waals surface area contributed by atoms with Gasteiger partial charge < -0.3 is 0 Å². The van der Waals surface area contributed by atoms with Crippen molar-refractivity contribution in [3.05, 3.63) is 10.5 Å². The van der Waals surface area contributed by atoms with Gasteiger partial charge in [-0.25, -0.2) is 0 Å². The molecule has 0 aromatic carbocycles. The van der Waals surface area contributed by atoms with Crippen LogP contribution in [0, 0.1) is 0 Å². The van der Waals surface area contributed by atoms with Crippen LogP contribution in [0.25, 0.3) is 0 Å². The van der Waals surface area contributed by atoms with E-state index in [1.807, 2.05) is 10.8 Å². The largest absolute Gasteiger partial charge is 0.108 e. The Bertz CT molecular complexity index is 156. The summed E-state index contributed by atoms with van der Waals surface area (Å²) in [7, 11) is 2.25. The molecule has 1 atom stereocenters. The zero-order valence-corrected chi connectivity index (χ0v) is 6.86. The zero-order valence-electron chi connectivity index (χ0n) is 5.23. The van der Waals surface area contributed by atoms with Crippen LogP contribution in [0.2, 0.25) is 0 Å². The van der Waals surface area contributed by atoms with E-state index in [0.29, 0.717) is 9.52 Å². The molecule has 1 unspecified atom stereocenters. The van der Waals surface area contributed by atoms with Gasteiger partial charge in [-0.15, -0.1) is 9.52 Å². The maximum Gasteiger partial charge on any atom is 0.0253 e. The van der Waals surface area contributed by atoms with Crippen LogP contribution in [0.3, 0.4) is 0 Å². The van der Waals surface area contributed by atoms with E-state index in [9.17, 15) is 0 Å². The van der Waals surface area contributed by atoms with Gasteiger partial charge in [0.05, 0.1) is 0 Å². The molecule has 0 aliphatic carbocycles. The van der Waals surface area contributed by atoms with Gasteiger partial charge in [-0.1, -0.05) is 22.2 Å². The molecule has 0 bridgehead atoms. The van der Waals surface area contributed by atoms with Gasteiger partial charge in [-0.05, 0) is 18.8 Å². The summed E-state index contributed by atoms with van der Waals surface area (Å²) in [5.74, 6) is 5.21. The molecule has 0 amide bonds. The van der Waals surface area contributed by atoms with Crippen LogP contribution in [0.15, 0.2) is 10.5 Å². The fourth-order valence-corrected chi connectivity index (χ4v) is 3.72. The molecule has 1 rings (SSSR count). The third kappa shape index (κ3) is 1.00. The molecule has 0 radical (unpaired) electrons. The Labute approximate surface area is 56.7 Å². The number of allylic oxidation sites excluding steroid dienone is 1. The van der Waals surface area contributed by atoms with Crippen LogP contribution in [0.1, 0.15) is 13.8 Å². The third-order valence-corrected chi connectivity index (χ3v) is 5.18. The normalized spacial score (nSPS) is 29.5. The molecule has 46 valence electrons. The first-order chi connectivity index (χ1) is 3.72. The van der Waals surface area contributed by atoms with Crippen molar-refractivity contribution in [2.45, 2.75) is 13.8 Å². The minimum atomic E-state index is 0.299. The summed E-state index contributed by atoms with van der Waals surface area (Å²) in [6.45, 7) is 4.38. The summed E-state index contributed by atoms with van der Waals surface area (Å²) >= 11 is 0. The molecular formula is C6H10S2. The molecule has 0 aromatic rings. The molecule has 0 aromatic heterocycles. The molecule has 0 N–H and O–H groups in total. The van der Waals surface area contributed by atoms with E-state index in [4.69, 9.17) is 0 Å². The lowest BCUT2D eigenvalue weighted by molar-refractivity contribution is 1.37. The summed E-state index contributed by atoms with van der Waals surface area (Å²) in [5, 5.41) is 0. The van der Waals surface area contributed by atoms with Crippen molar-refractivity contribution in [2.24, 2.45) is 0 Å². The second-order valence-electron chi connectivity index (χ2n) is 1.94. The van der Waals surface area contributed by atoms with Gasteiger partial charge >= 0.3 is 0 Å². The first-order valence-corrected chi connectivity index (χ1v) is 5.45. The lowest BCUT2D eigenvalue weighted by atomic mass is 10.3. The van der Waals surface area contributed by atoms with Gasteiger partial charge in [-0.2, -0.15) is 0 Å². The lowest BCUT2D eigenvalue weighted by Gasteiger charge is -1.92. The molecular weight excluding hydrogens is 136 g/mol. The number of hydrogen-bond donors (Lipinski definition) is 0. The van der Waals surface area contributed by atoms with Gasteiger partial charge in [0.25, 0.3) is 0 Å². The van der Waals surface area contributed by atoms with Crippen LogP contribution < -0.4 is 0 Å². The van der Waals surface area contributed by atoms with E-state index in [2.05, 4.69) is 19.7 Å². The predicted molar refractivity (Wildman–Crippen MR) is 45.5 cm³/mol. The van der Waals surface area contributed by atoms with Gasteiger partial charge in [0.2, 0.25) is 0 Å². The van der Waals surface area contributed by atoms with E-state index in [1.165, 1.54) is 16.2 Å². The van der Waals surface area contributed by atoms with E-state index in [-0.39, 0.29) is 0 Å². The van der Waals surface area contributed by atoms with E-state index < -0.39 is 0 Å². The molecule has 1 aliphatic rings. The highest BCUT2D eigenvalue weighted by Crippen LogP contribution is 2.45. The molecule has 1 heterocycles. The first kappa shape index (κ1) is 6.43. The smallest absolute Gasteiger partial charge is 0.0253 e. The molecule has 0 saturated carbocycles. The minimum absolute atomic E-state index is 0.299. The van der Waals surface area contributed by atoms with Crippen molar-refractivity contribution >= 4 is 26.2 Å². The summed E-state index contributed by atoms with van der Waals surface area (Å²) in [5.41, 5.74) is 1.54. The Hall–Kier alpha value is 0.310. The maximum atomic E-state index is 4.00. The summed E-state index contributed by atoms with van der Waals surface area (Å²) in [4.78, 5) is 1.51. The van der Waals surface area contributed by atoms with Gasteiger partial charge in [-0.3, -0.25) is 0 Å². The van der Waals surface area contributed by atoms with Gasteiger partial charge in [0.15, 0.2) is 0 Å². The van der Waals surface area contributed by atoms with Gasteiger partial charge in [0, 0.05) is 5.75 Å². The number of hydrogen-bond acceptors (Lipinski definition) is 1. The molecule has 0 spiro atoms. The second kappa shape index (κ2) is 2.28. The highest BCUT2D eigenvalue weighted by Gasteiger charge is 2.08. The minimum Gasteiger partial charge on any atom is -0.108 e. The van der Waals surface area contributed by atoms with Crippen molar-refractivity contribution < 1.29 is 0 Å². The van der Waals surface area contributed by atoms with E-state index >= 15 is 0 Å². The van der Waals surface area contributed by atoms with E-state index in [1.54, 1.807) is 0 Å². The fraction of sp³-hybridized carbons (Fsp3) is 0.500. The third-order valence-electron chi connectivity index (χ3n) is 1.36. The Kier molecular flexibility index (Phi) is 1.83. The number of rotatable bonds is 0. The quantitative estimate of drug-likeness (QED) is 0.374. The second-order valence-corrected chi connectivity index (χ2v) is 5.69. The van der Waals surface area contributed by atoms with Crippen molar-refractivity contribution in [1.82, 2.24) is 0 Å². The van der Waals surface area contributed by atoms with Gasteiger partial charge in [0.1, 0.15) is 0 Å². The monoisotopic (exact) mass is 146 g/mol. The predicted octanol–water partition coefficient (Wildman–Crippen LogP) is 2.64. The fourth-order valence-electron chi connectivity index (χ4n) is 0.544. The highest BCUT2D eigenvalue weighted by atomic mass is 33.1. The highest BCUT2D eigenvalue weighted by molar-refractivity contribution is 8.85. The van der Waals surface area contributed by atoms with Crippen molar-refractivity contribution in [1.29, 1.82) is 0 Å². The van der Waals surface area contributed by atoms with Crippen molar-refractivity contribution in [2.75, 3.05) is 5.75 Å². The molecule has 8 heavy (non-hydrogen) atoms. The van der Waals surface area contributed by atoms with Crippen LogP contribution in [-0.4, -0.2) is 11.6 Å². The topological polar surface area (TPSA) is 0 Å². The van der Waals surface area contributed by atoms with Crippen LogP contribution in [0.4, 0.5) is 0 Å². The molecule has 0 fully saturated rings. The average Bonchev–Trinajstić information content (AvgIpc) is 1.98. The summed E-state index contributed by atoms with van der Waals surface area (Å²) < 4.78 is 0. The Morgan fingerprint density at radius 1 is 1.62 bits per heavy atom.